The van der Waals surface area contributed by atoms with Crippen LogP contribution in [0.1, 0.15) is 36.7 Å². The number of carbonyl (C=O) groups excluding carboxylic acids is 1. The maximum absolute atomic E-state index is 12.3. The summed E-state index contributed by atoms with van der Waals surface area (Å²) in [5.74, 6) is -0.222. The van der Waals surface area contributed by atoms with Gasteiger partial charge in [0.15, 0.2) is 5.11 Å². The number of rotatable bonds is 3. The van der Waals surface area contributed by atoms with Gasteiger partial charge < -0.3 is 10.6 Å². The highest BCUT2D eigenvalue weighted by Gasteiger charge is 2.14. The Kier molecular flexibility index (Phi) is 7.39. The topological polar surface area (TPSA) is 53.2 Å². The van der Waals surface area contributed by atoms with Gasteiger partial charge in [0.05, 0.1) is 0 Å². The van der Waals surface area contributed by atoms with Crippen molar-refractivity contribution in [2.24, 2.45) is 0 Å². The van der Waals surface area contributed by atoms with Crippen molar-refractivity contribution in [1.82, 2.24) is 5.32 Å². The molecule has 2 rings (SSSR count). The minimum absolute atomic E-state index is 0. The lowest BCUT2D eigenvalue weighted by Crippen LogP contribution is -2.34. The van der Waals surface area contributed by atoms with E-state index < -0.39 is 0 Å². The number of hydrogen-bond donors (Lipinski definition) is 3. The first-order valence-corrected chi connectivity index (χ1v) is 8.21. The van der Waals surface area contributed by atoms with Crippen LogP contribution in [0, 0.1) is 0 Å². The predicted molar refractivity (Wildman–Crippen MR) is 112 cm³/mol. The van der Waals surface area contributed by atoms with Gasteiger partial charge >= 0.3 is 0 Å². The number of halogens is 1. The minimum Gasteiger partial charge on any atom is -0.388 e. The fraction of sp³-hybridized carbons (Fsp3) is 0.263. The molecule has 6 heteroatoms. The smallest absolute Gasteiger partial charge is 0.257 e. The number of carbonyl (C=O) groups is 1. The van der Waals surface area contributed by atoms with E-state index in [-0.39, 0.29) is 28.8 Å². The van der Waals surface area contributed by atoms with Crippen molar-refractivity contribution in [2.45, 2.75) is 26.2 Å². The van der Waals surface area contributed by atoms with E-state index in [9.17, 15) is 4.79 Å². The van der Waals surface area contributed by atoms with Crippen LogP contribution in [-0.4, -0.2) is 18.1 Å². The van der Waals surface area contributed by atoms with Gasteiger partial charge in [0.2, 0.25) is 0 Å². The van der Waals surface area contributed by atoms with Crippen LogP contribution < -0.4 is 16.0 Å². The van der Waals surface area contributed by atoms with Gasteiger partial charge in [-0.3, -0.25) is 10.1 Å². The summed E-state index contributed by atoms with van der Waals surface area (Å²) in [6.07, 6.45) is 0. The molecule has 0 aromatic heterocycles. The molecule has 0 aliphatic carbocycles. The van der Waals surface area contributed by atoms with Crippen LogP contribution >= 0.6 is 24.6 Å². The van der Waals surface area contributed by atoms with Gasteiger partial charge in [-0.1, -0.05) is 32.9 Å². The summed E-state index contributed by atoms with van der Waals surface area (Å²) in [4.78, 5) is 12.3. The van der Waals surface area contributed by atoms with Crippen LogP contribution in [0.3, 0.4) is 0 Å². The van der Waals surface area contributed by atoms with Gasteiger partial charge in [0, 0.05) is 24.0 Å². The fourth-order valence-electron chi connectivity index (χ4n) is 2.18. The Balaban J connectivity index is 0.00000312. The molecule has 1 amide bonds. The molecular weight excluding hydrogens is 354 g/mol. The third kappa shape index (κ3) is 6.03. The van der Waals surface area contributed by atoms with Gasteiger partial charge in [0.1, 0.15) is 0 Å². The molecule has 0 saturated carbocycles. The van der Waals surface area contributed by atoms with Crippen LogP contribution in [0.2, 0.25) is 0 Å². The Morgan fingerprint density at radius 1 is 0.920 bits per heavy atom. The fourth-order valence-corrected chi connectivity index (χ4v) is 2.39. The molecule has 0 radical (unpaired) electrons. The Hall–Kier alpha value is -2.11. The molecular formula is C19H24ClN3OS. The van der Waals surface area contributed by atoms with Crippen LogP contribution in [0.25, 0.3) is 0 Å². The lowest BCUT2D eigenvalue weighted by Gasteiger charge is -2.19. The summed E-state index contributed by atoms with van der Waals surface area (Å²) in [5, 5.41) is 9.02. The van der Waals surface area contributed by atoms with Crippen molar-refractivity contribution in [3.8, 4) is 0 Å². The summed E-state index contributed by atoms with van der Waals surface area (Å²) >= 11 is 5.20. The Morgan fingerprint density at radius 3 is 1.92 bits per heavy atom. The molecule has 0 fully saturated rings. The van der Waals surface area contributed by atoms with Crippen molar-refractivity contribution in [1.29, 1.82) is 0 Å². The standard InChI is InChI=1S/C19H23N3OS.ClH/c1-19(2,3)14-7-5-13(6-8-14)17(23)22-18(24)21-16-11-9-15(20-4)10-12-16;/h5-12,20H,1-4H3,(H2,21,22,23,24);1H. The van der Waals surface area contributed by atoms with E-state index >= 15 is 0 Å². The molecule has 3 N–H and O–H groups in total. The number of hydrogen-bond acceptors (Lipinski definition) is 3. The molecule has 0 spiro atoms. The molecule has 0 aliphatic heterocycles. The SMILES string of the molecule is CNc1ccc(NC(=S)NC(=O)c2ccc(C(C)(C)C)cc2)cc1.Cl. The average molecular weight is 378 g/mol. The summed E-state index contributed by atoms with van der Waals surface area (Å²) in [6.45, 7) is 6.42. The summed E-state index contributed by atoms with van der Waals surface area (Å²) in [5.41, 5.74) is 3.66. The normalized spacial score (nSPS) is 10.4. The summed E-state index contributed by atoms with van der Waals surface area (Å²) in [6, 6.07) is 15.2. The van der Waals surface area contributed by atoms with Crippen LogP contribution in [0.5, 0.6) is 0 Å². The van der Waals surface area contributed by atoms with Crippen molar-refractivity contribution in [2.75, 3.05) is 17.7 Å². The zero-order valence-corrected chi connectivity index (χ0v) is 16.5. The molecule has 0 bridgehead atoms. The molecule has 0 aliphatic rings. The molecule has 2 aromatic carbocycles. The van der Waals surface area contributed by atoms with Crippen LogP contribution in [-0.2, 0) is 5.41 Å². The van der Waals surface area contributed by atoms with E-state index in [0.717, 1.165) is 11.4 Å². The van der Waals surface area contributed by atoms with E-state index in [0.29, 0.717) is 5.56 Å². The second-order valence-electron chi connectivity index (χ2n) is 6.56. The number of nitrogens with one attached hydrogen (secondary N) is 3. The Bertz CT molecular complexity index is 722. The van der Waals surface area contributed by atoms with Crippen molar-refractivity contribution >= 4 is 47.0 Å². The third-order valence-corrected chi connectivity index (χ3v) is 3.88. The molecule has 0 atom stereocenters. The highest BCUT2D eigenvalue weighted by molar-refractivity contribution is 7.80. The minimum atomic E-state index is -0.222. The van der Waals surface area contributed by atoms with Crippen LogP contribution in [0.4, 0.5) is 11.4 Å². The van der Waals surface area contributed by atoms with Crippen molar-refractivity contribution in [3.05, 3.63) is 59.7 Å². The first-order valence-electron chi connectivity index (χ1n) is 7.80. The molecule has 0 unspecified atom stereocenters. The number of benzene rings is 2. The van der Waals surface area contributed by atoms with Gasteiger partial charge in [-0.25, -0.2) is 0 Å². The Labute approximate surface area is 160 Å². The monoisotopic (exact) mass is 377 g/mol. The lowest BCUT2D eigenvalue weighted by molar-refractivity contribution is 0.0977. The van der Waals surface area contributed by atoms with Gasteiger partial charge in [-0.15, -0.1) is 12.4 Å². The quantitative estimate of drug-likeness (QED) is 0.685. The van der Waals surface area contributed by atoms with Gasteiger partial charge in [-0.2, -0.15) is 0 Å². The maximum atomic E-state index is 12.3. The molecule has 0 saturated heterocycles. The molecule has 0 heterocycles. The zero-order chi connectivity index (χ0) is 17.7. The first kappa shape index (κ1) is 20.9. The second kappa shape index (κ2) is 8.83. The largest absolute Gasteiger partial charge is 0.388 e. The second-order valence-corrected chi connectivity index (χ2v) is 6.97. The summed E-state index contributed by atoms with van der Waals surface area (Å²) < 4.78 is 0. The van der Waals surface area contributed by atoms with E-state index in [4.69, 9.17) is 12.2 Å². The predicted octanol–water partition coefficient (Wildman–Crippen LogP) is 4.57. The van der Waals surface area contributed by atoms with Gasteiger partial charge in [-0.05, 0) is 59.6 Å². The molecule has 25 heavy (non-hydrogen) atoms. The number of anilines is 2. The average Bonchev–Trinajstić information content (AvgIpc) is 2.54. The van der Waals surface area contributed by atoms with E-state index in [1.165, 1.54) is 5.56 Å². The maximum Gasteiger partial charge on any atom is 0.257 e. The Morgan fingerprint density at radius 2 is 1.44 bits per heavy atom. The number of thiocarbonyl (C=S) groups is 1. The molecule has 134 valence electrons. The van der Waals surface area contributed by atoms with E-state index in [2.05, 4.69) is 36.7 Å². The molecule has 4 nitrogen and oxygen atoms in total. The van der Waals surface area contributed by atoms with Gasteiger partial charge in [0.25, 0.3) is 5.91 Å². The van der Waals surface area contributed by atoms with Crippen molar-refractivity contribution < 1.29 is 4.79 Å². The summed E-state index contributed by atoms with van der Waals surface area (Å²) in [7, 11) is 1.86. The molecule has 2 aromatic rings. The third-order valence-electron chi connectivity index (χ3n) is 3.67. The van der Waals surface area contributed by atoms with E-state index in [1.54, 1.807) is 0 Å². The lowest BCUT2D eigenvalue weighted by atomic mass is 9.87. The van der Waals surface area contributed by atoms with Crippen molar-refractivity contribution in [3.63, 3.8) is 0 Å². The highest BCUT2D eigenvalue weighted by atomic mass is 35.5. The number of amides is 1. The van der Waals surface area contributed by atoms with E-state index in [1.807, 2.05) is 55.6 Å². The first-order chi connectivity index (χ1) is 11.3. The highest BCUT2D eigenvalue weighted by Crippen LogP contribution is 2.22. The zero-order valence-electron chi connectivity index (χ0n) is 14.8. The van der Waals surface area contributed by atoms with Crippen LogP contribution in [0.15, 0.2) is 48.5 Å².